The van der Waals surface area contributed by atoms with E-state index in [1.54, 1.807) is 30.0 Å². The molecule has 1 saturated heterocycles. The van der Waals surface area contributed by atoms with E-state index in [2.05, 4.69) is 0 Å². The van der Waals surface area contributed by atoms with Crippen LogP contribution in [0.3, 0.4) is 0 Å². The van der Waals surface area contributed by atoms with Crippen LogP contribution in [0, 0.1) is 27.2 Å². The number of nitro benzene ring substituents is 2. The molecule has 0 spiro atoms. The Morgan fingerprint density at radius 3 is 2.15 bits per heavy atom. The van der Waals surface area contributed by atoms with Crippen LogP contribution < -0.4 is 4.90 Å². The molecular formula is C18H18N4O5. The molecule has 3 rings (SSSR count). The highest BCUT2D eigenvalue weighted by Crippen LogP contribution is 2.28. The minimum absolute atomic E-state index is 0.0206. The molecule has 0 N–H and O–H groups in total. The third kappa shape index (κ3) is 3.71. The van der Waals surface area contributed by atoms with E-state index in [4.69, 9.17) is 0 Å². The van der Waals surface area contributed by atoms with Crippen molar-refractivity contribution in [3.05, 3.63) is 73.8 Å². The van der Waals surface area contributed by atoms with Crippen molar-refractivity contribution >= 4 is 23.0 Å². The molecule has 1 aliphatic heterocycles. The van der Waals surface area contributed by atoms with Gasteiger partial charge in [0, 0.05) is 49.4 Å². The van der Waals surface area contributed by atoms with Gasteiger partial charge in [-0.15, -0.1) is 0 Å². The van der Waals surface area contributed by atoms with E-state index in [-0.39, 0.29) is 17.3 Å². The second-order valence-corrected chi connectivity index (χ2v) is 6.28. The second-order valence-electron chi connectivity index (χ2n) is 6.28. The molecule has 0 atom stereocenters. The first kappa shape index (κ1) is 18.3. The van der Waals surface area contributed by atoms with Crippen molar-refractivity contribution < 1.29 is 14.6 Å². The lowest BCUT2D eigenvalue weighted by molar-refractivity contribution is -0.385. The zero-order chi connectivity index (χ0) is 19.6. The fraction of sp³-hybridized carbons (Fsp3) is 0.278. The zero-order valence-electron chi connectivity index (χ0n) is 14.7. The number of amides is 1. The first-order valence-electron chi connectivity index (χ1n) is 8.41. The number of benzene rings is 2. The van der Waals surface area contributed by atoms with Gasteiger partial charge in [-0.3, -0.25) is 25.0 Å². The Bertz CT molecular complexity index is 906. The van der Waals surface area contributed by atoms with Crippen LogP contribution in [0.25, 0.3) is 0 Å². The summed E-state index contributed by atoms with van der Waals surface area (Å²) in [6, 6.07) is 10.9. The summed E-state index contributed by atoms with van der Waals surface area (Å²) in [5.74, 6) is -0.199. The van der Waals surface area contributed by atoms with Crippen LogP contribution in [0.2, 0.25) is 0 Å². The number of nitrogens with zero attached hydrogens (tertiary/aromatic N) is 4. The van der Waals surface area contributed by atoms with Crippen LogP contribution in [-0.2, 0) is 0 Å². The van der Waals surface area contributed by atoms with Gasteiger partial charge in [0.1, 0.15) is 5.69 Å². The second kappa shape index (κ2) is 7.40. The molecule has 2 aromatic rings. The quantitative estimate of drug-likeness (QED) is 0.604. The van der Waals surface area contributed by atoms with Gasteiger partial charge in [-0.25, -0.2) is 0 Å². The molecule has 0 aliphatic carbocycles. The van der Waals surface area contributed by atoms with Crippen LogP contribution in [0.4, 0.5) is 17.1 Å². The molecule has 9 nitrogen and oxygen atoms in total. The maximum absolute atomic E-state index is 12.7. The summed E-state index contributed by atoms with van der Waals surface area (Å²) in [6.45, 7) is 3.38. The van der Waals surface area contributed by atoms with Gasteiger partial charge in [0.15, 0.2) is 0 Å². The molecule has 0 aromatic heterocycles. The summed E-state index contributed by atoms with van der Waals surface area (Å²) in [7, 11) is 0. The number of rotatable bonds is 4. The standard InChI is InChI=1S/C18H18N4O5/c1-13-12-14(6-7-15(13)21(24)25)18(23)20-10-8-19(9-11-20)16-4-2-3-5-17(16)22(26)27/h2-7,12H,8-11H2,1H3. The van der Waals surface area contributed by atoms with Crippen molar-refractivity contribution in [3.8, 4) is 0 Å². The Kier molecular flexibility index (Phi) is 5.02. The maximum Gasteiger partial charge on any atom is 0.292 e. The van der Waals surface area contributed by atoms with Gasteiger partial charge in [0.05, 0.1) is 9.85 Å². The van der Waals surface area contributed by atoms with Crippen LogP contribution >= 0.6 is 0 Å². The number of nitro groups is 2. The van der Waals surface area contributed by atoms with E-state index < -0.39 is 9.85 Å². The summed E-state index contributed by atoms with van der Waals surface area (Å²) in [5, 5.41) is 22.1. The number of piperazine rings is 1. The van der Waals surface area contributed by atoms with Gasteiger partial charge >= 0.3 is 0 Å². The third-order valence-electron chi connectivity index (χ3n) is 4.63. The molecular weight excluding hydrogens is 352 g/mol. The first-order valence-corrected chi connectivity index (χ1v) is 8.41. The van der Waals surface area contributed by atoms with Gasteiger partial charge in [-0.05, 0) is 25.1 Å². The zero-order valence-corrected chi connectivity index (χ0v) is 14.7. The minimum atomic E-state index is -0.477. The van der Waals surface area contributed by atoms with E-state index in [0.717, 1.165) is 0 Å². The Balaban J connectivity index is 1.71. The Hall–Kier alpha value is -3.49. The highest BCUT2D eigenvalue weighted by Gasteiger charge is 2.26. The van der Waals surface area contributed by atoms with Crippen molar-refractivity contribution in [2.45, 2.75) is 6.92 Å². The number of para-hydroxylation sites is 2. The Morgan fingerprint density at radius 1 is 0.926 bits per heavy atom. The molecule has 140 valence electrons. The minimum Gasteiger partial charge on any atom is -0.362 e. The van der Waals surface area contributed by atoms with Crippen LogP contribution in [0.1, 0.15) is 15.9 Å². The molecule has 1 amide bonds. The number of aryl methyl sites for hydroxylation is 1. The summed E-state index contributed by atoms with van der Waals surface area (Å²) in [6.07, 6.45) is 0. The molecule has 1 heterocycles. The average molecular weight is 370 g/mol. The number of anilines is 1. The van der Waals surface area contributed by atoms with Crippen molar-refractivity contribution in [1.29, 1.82) is 0 Å². The highest BCUT2D eigenvalue weighted by molar-refractivity contribution is 5.95. The van der Waals surface area contributed by atoms with Crippen molar-refractivity contribution in [2.75, 3.05) is 31.1 Å². The Morgan fingerprint density at radius 2 is 1.56 bits per heavy atom. The lowest BCUT2D eigenvalue weighted by Crippen LogP contribution is -2.49. The van der Waals surface area contributed by atoms with Gasteiger partial charge < -0.3 is 9.80 Å². The Labute approximate surface area is 155 Å². The lowest BCUT2D eigenvalue weighted by Gasteiger charge is -2.35. The van der Waals surface area contributed by atoms with Crippen molar-refractivity contribution in [3.63, 3.8) is 0 Å². The van der Waals surface area contributed by atoms with Gasteiger partial charge in [-0.1, -0.05) is 12.1 Å². The number of hydrogen-bond acceptors (Lipinski definition) is 6. The molecule has 2 aromatic carbocycles. The van der Waals surface area contributed by atoms with E-state index >= 15 is 0 Å². The molecule has 0 saturated carbocycles. The lowest BCUT2D eigenvalue weighted by atomic mass is 10.1. The third-order valence-corrected chi connectivity index (χ3v) is 4.63. The van der Waals surface area contributed by atoms with Gasteiger partial charge in [0.2, 0.25) is 0 Å². The van der Waals surface area contributed by atoms with Crippen molar-refractivity contribution in [2.24, 2.45) is 0 Å². The number of carbonyl (C=O) groups is 1. The summed E-state index contributed by atoms with van der Waals surface area (Å²) in [4.78, 5) is 37.4. The topological polar surface area (TPSA) is 110 Å². The fourth-order valence-corrected chi connectivity index (χ4v) is 3.21. The molecule has 27 heavy (non-hydrogen) atoms. The normalized spacial score (nSPS) is 14.1. The fourth-order valence-electron chi connectivity index (χ4n) is 3.21. The monoisotopic (exact) mass is 370 g/mol. The molecule has 1 fully saturated rings. The highest BCUT2D eigenvalue weighted by atomic mass is 16.6. The molecule has 0 bridgehead atoms. The smallest absolute Gasteiger partial charge is 0.292 e. The van der Waals surface area contributed by atoms with E-state index in [1.807, 2.05) is 4.90 Å². The van der Waals surface area contributed by atoms with Gasteiger partial charge in [0.25, 0.3) is 17.3 Å². The van der Waals surface area contributed by atoms with Crippen LogP contribution in [0.5, 0.6) is 0 Å². The summed E-state index contributed by atoms with van der Waals surface area (Å²) >= 11 is 0. The average Bonchev–Trinajstić information content (AvgIpc) is 2.67. The molecule has 0 radical (unpaired) electrons. The predicted octanol–water partition coefficient (Wildman–Crippen LogP) is 2.77. The number of hydrogen-bond donors (Lipinski definition) is 0. The van der Waals surface area contributed by atoms with E-state index in [1.165, 1.54) is 24.3 Å². The summed E-state index contributed by atoms with van der Waals surface area (Å²) < 4.78 is 0. The first-order chi connectivity index (χ1) is 12.9. The van der Waals surface area contributed by atoms with Crippen LogP contribution in [-0.4, -0.2) is 46.8 Å². The van der Waals surface area contributed by atoms with Crippen LogP contribution in [0.15, 0.2) is 42.5 Å². The van der Waals surface area contributed by atoms with E-state index in [9.17, 15) is 25.0 Å². The SMILES string of the molecule is Cc1cc(C(=O)N2CCN(c3ccccc3[N+](=O)[O-])CC2)ccc1[N+](=O)[O-]. The maximum atomic E-state index is 12.7. The largest absolute Gasteiger partial charge is 0.362 e. The summed E-state index contributed by atoms with van der Waals surface area (Å²) in [5.41, 5.74) is 1.40. The van der Waals surface area contributed by atoms with Crippen molar-refractivity contribution in [1.82, 2.24) is 4.90 Å². The molecule has 1 aliphatic rings. The van der Waals surface area contributed by atoms with E-state index in [0.29, 0.717) is 43.0 Å². The molecule has 9 heteroatoms. The number of carbonyl (C=O) groups excluding carboxylic acids is 1. The molecule has 0 unspecified atom stereocenters. The predicted molar refractivity (Wildman–Crippen MR) is 99.0 cm³/mol. The van der Waals surface area contributed by atoms with Gasteiger partial charge in [-0.2, -0.15) is 0 Å².